The van der Waals surface area contributed by atoms with Gasteiger partial charge in [-0.25, -0.2) is 0 Å². The van der Waals surface area contributed by atoms with Crippen molar-refractivity contribution in [2.24, 2.45) is 17.8 Å². The maximum Gasteiger partial charge on any atom is 0.224 e. The van der Waals surface area contributed by atoms with Crippen molar-refractivity contribution in [3.8, 4) is 0 Å². The van der Waals surface area contributed by atoms with Crippen molar-refractivity contribution in [2.45, 2.75) is 50.5 Å². The molecule has 4 fully saturated rings. The summed E-state index contributed by atoms with van der Waals surface area (Å²) in [6, 6.07) is 7.64. The largest absolute Gasteiger partial charge is 0.399 e. The minimum absolute atomic E-state index is 0.125. The van der Waals surface area contributed by atoms with Crippen LogP contribution in [0, 0.1) is 17.8 Å². The van der Waals surface area contributed by atoms with E-state index in [0.29, 0.717) is 6.42 Å². The quantitative estimate of drug-likeness (QED) is 0.839. The Morgan fingerprint density at radius 2 is 1.57 bits per heavy atom. The molecule has 0 spiro atoms. The molecule has 0 unspecified atom stereocenters. The van der Waals surface area contributed by atoms with E-state index < -0.39 is 0 Å². The summed E-state index contributed by atoms with van der Waals surface area (Å²) in [5.74, 6) is 2.79. The molecule has 0 radical (unpaired) electrons. The fourth-order valence-corrected chi connectivity index (χ4v) is 5.42. The lowest BCUT2D eigenvalue weighted by atomic mass is 9.53. The molecule has 112 valence electrons. The van der Waals surface area contributed by atoms with Crippen molar-refractivity contribution in [1.82, 2.24) is 5.32 Å². The maximum atomic E-state index is 12.4. The van der Waals surface area contributed by atoms with Crippen LogP contribution in [-0.2, 0) is 11.2 Å². The highest BCUT2D eigenvalue weighted by atomic mass is 16.1. The summed E-state index contributed by atoms with van der Waals surface area (Å²) in [6.07, 6.45) is 8.35. The van der Waals surface area contributed by atoms with Crippen LogP contribution in [0.2, 0.25) is 0 Å². The van der Waals surface area contributed by atoms with E-state index in [9.17, 15) is 4.79 Å². The van der Waals surface area contributed by atoms with Gasteiger partial charge in [0.05, 0.1) is 6.42 Å². The Hall–Kier alpha value is -1.51. The zero-order chi connectivity index (χ0) is 14.4. The predicted molar refractivity (Wildman–Crippen MR) is 83.6 cm³/mol. The van der Waals surface area contributed by atoms with Crippen molar-refractivity contribution >= 4 is 11.6 Å². The third-order valence-corrected chi connectivity index (χ3v) is 5.79. The monoisotopic (exact) mass is 284 g/mol. The van der Waals surface area contributed by atoms with Gasteiger partial charge < -0.3 is 11.1 Å². The molecular formula is C18H24N2O. The summed E-state index contributed by atoms with van der Waals surface area (Å²) >= 11 is 0. The number of nitrogens with one attached hydrogen (secondary N) is 1. The summed E-state index contributed by atoms with van der Waals surface area (Å²) < 4.78 is 0. The molecule has 1 aromatic carbocycles. The first kappa shape index (κ1) is 13.2. The first-order valence-electron chi connectivity index (χ1n) is 8.26. The Bertz CT molecular complexity index is 514. The number of hydrogen-bond acceptors (Lipinski definition) is 2. The fourth-order valence-electron chi connectivity index (χ4n) is 5.42. The van der Waals surface area contributed by atoms with Gasteiger partial charge in [-0.2, -0.15) is 0 Å². The number of rotatable bonds is 3. The zero-order valence-corrected chi connectivity index (χ0v) is 12.5. The Kier molecular flexibility index (Phi) is 2.98. The van der Waals surface area contributed by atoms with Gasteiger partial charge in [0.15, 0.2) is 0 Å². The third-order valence-electron chi connectivity index (χ3n) is 5.79. The maximum absolute atomic E-state index is 12.4. The van der Waals surface area contributed by atoms with Crippen molar-refractivity contribution in [1.29, 1.82) is 0 Å². The van der Waals surface area contributed by atoms with Gasteiger partial charge >= 0.3 is 0 Å². The van der Waals surface area contributed by atoms with E-state index >= 15 is 0 Å². The van der Waals surface area contributed by atoms with Crippen LogP contribution in [0.4, 0.5) is 5.69 Å². The topological polar surface area (TPSA) is 55.1 Å². The van der Waals surface area contributed by atoms with Crippen molar-refractivity contribution < 1.29 is 4.79 Å². The first-order valence-corrected chi connectivity index (χ1v) is 8.26. The van der Waals surface area contributed by atoms with E-state index in [4.69, 9.17) is 5.73 Å². The third kappa shape index (κ3) is 2.54. The van der Waals surface area contributed by atoms with Crippen molar-refractivity contribution in [2.75, 3.05) is 5.73 Å². The van der Waals surface area contributed by atoms with E-state index in [2.05, 4.69) is 5.32 Å². The standard InChI is InChI=1S/C18H24N2O/c19-16-3-1-12(2-4-16)8-17(21)20-18-9-13-5-14(10-18)7-15(6-13)11-18/h1-4,13-15H,5-11,19H2,(H,20,21). The normalized spacial score (nSPS) is 36.7. The number of hydrogen-bond donors (Lipinski definition) is 2. The average Bonchev–Trinajstić information content (AvgIpc) is 2.39. The number of nitrogen functional groups attached to an aromatic ring is 1. The minimum Gasteiger partial charge on any atom is -0.399 e. The van der Waals surface area contributed by atoms with Crippen LogP contribution in [-0.4, -0.2) is 11.4 Å². The van der Waals surface area contributed by atoms with Crippen LogP contribution in [0.3, 0.4) is 0 Å². The lowest BCUT2D eigenvalue weighted by Crippen LogP contribution is -2.60. The number of amides is 1. The molecule has 0 aromatic heterocycles. The molecule has 0 atom stereocenters. The predicted octanol–water partition coefficient (Wildman–Crippen LogP) is 2.90. The molecule has 4 aliphatic rings. The van der Waals surface area contributed by atoms with E-state index in [0.717, 1.165) is 29.0 Å². The smallest absolute Gasteiger partial charge is 0.224 e. The Labute approximate surface area is 126 Å². The molecule has 4 bridgehead atoms. The number of carbonyl (C=O) groups excluding carboxylic acids is 1. The molecule has 3 nitrogen and oxygen atoms in total. The molecule has 0 heterocycles. The summed E-state index contributed by atoms with van der Waals surface area (Å²) in [5.41, 5.74) is 7.61. The van der Waals surface area contributed by atoms with Crippen LogP contribution in [0.15, 0.2) is 24.3 Å². The van der Waals surface area contributed by atoms with E-state index in [1.54, 1.807) is 0 Å². The van der Waals surface area contributed by atoms with Crippen LogP contribution in [0.5, 0.6) is 0 Å². The Morgan fingerprint density at radius 1 is 1.05 bits per heavy atom. The molecule has 0 saturated heterocycles. The van der Waals surface area contributed by atoms with Gasteiger partial charge in [-0.1, -0.05) is 12.1 Å². The van der Waals surface area contributed by atoms with Gasteiger partial charge in [0, 0.05) is 11.2 Å². The molecule has 0 aliphatic heterocycles. The van der Waals surface area contributed by atoms with Crippen molar-refractivity contribution in [3.05, 3.63) is 29.8 Å². The van der Waals surface area contributed by atoms with Gasteiger partial charge in [-0.05, 0) is 74.0 Å². The highest BCUT2D eigenvalue weighted by Crippen LogP contribution is 2.55. The van der Waals surface area contributed by atoms with E-state index in [1.807, 2.05) is 24.3 Å². The zero-order valence-electron chi connectivity index (χ0n) is 12.5. The molecule has 4 saturated carbocycles. The van der Waals surface area contributed by atoms with E-state index in [-0.39, 0.29) is 11.4 Å². The van der Waals surface area contributed by atoms with Gasteiger partial charge in [0.25, 0.3) is 0 Å². The average molecular weight is 284 g/mol. The molecule has 3 heteroatoms. The van der Waals surface area contributed by atoms with E-state index in [1.165, 1.54) is 38.5 Å². The van der Waals surface area contributed by atoms with Gasteiger partial charge in [0.2, 0.25) is 5.91 Å². The van der Waals surface area contributed by atoms with Crippen LogP contribution < -0.4 is 11.1 Å². The summed E-state index contributed by atoms with van der Waals surface area (Å²) in [5, 5.41) is 3.42. The molecule has 5 rings (SSSR count). The second-order valence-corrected chi connectivity index (χ2v) is 7.66. The van der Waals surface area contributed by atoms with Crippen molar-refractivity contribution in [3.63, 3.8) is 0 Å². The second kappa shape index (κ2) is 4.75. The van der Waals surface area contributed by atoms with Gasteiger partial charge in [-0.3, -0.25) is 4.79 Å². The highest BCUT2D eigenvalue weighted by molar-refractivity contribution is 5.79. The first-order chi connectivity index (χ1) is 10.1. The lowest BCUT2D eigenvalue weighted by Gasteiger charge is -2.56. The van der Waals surface area contributed by atoms with Crippen LogP contribution in [0.1, 0.15) is 44.1 Å². The molecular weight excluding hydrogens is 260 g/mol. The SMILES string of the molecule is Nc1ccc(CC(=O)NC23CC4CC(CC(C4)C2)C3)cc1. The highest BCUT2D eigenvalue weighted by Gasteiger charge is 2.51. The number of nitrogens with two attached hydrogens (primary N) is 1. The fraction of sp³-hybridized carbons (Fsp3) is 0.611. The molecule has 1 amide bonds. The summed E-state index contributed by atoms with van der Waals surface area (Å²) in [4.78, 5) is 12.4. The molecule has 1 aromatic rings. The van der Waals surface area contributed by atoms with Gasteiger partial charge in [-0.15, -0.1) is 0 Å². The Morgan fingerprint density at radius 3 is 2.10 bits per heavy atom. The molecule has 21 heavy (non-hydrogen) atoms. The summed E-state index contributed by atoms with van der Waals surface area (Å²) in [7, 11) is 0. The van der Waals surface area contributed by atoms with Crippen LogP contribution in [0.25, 0.3) is 0 Å². The van der Waals surface area contributed by atoms with Gasteiger partial charge in [0.1, 0.15) is 0 Å². The molecule has 4 aliphatic carbocycles. The second-order valence-electron chi connectivity index (χ2n) is 7.66. The molecule has 3 N–H and O–H groups in total. The number of benzene rings is 1. The lowest BCUT2D eigenvalue weighted by molar-refractivity contribution is -0.126. The minimum atomic E-state index is 0.125. The summed E-state index contributed by atoms with van der Waals surface area (Å²) in [6.45, 7) is 0. The Balaban J connectivity index is 1.43. The number of carbonyl (C=O) groups is 1. The van der Waals surface area contributed by atoms with Crippen LogP contribution >= 0.6 is 0 Å². The number of anilines is 1.